The number of carbonyl (C=O) groups is 1. The molecule has 1 aliphatic rings. The first-order chi connectivity index (χ1) is 15.9. The van der Waals surface area contributed by atoms with E-state index < -0.39 is 28.1 Å². The quantitative estimate of drug-likeness (QED) is 0.335. The molecule has 0 fully saturated rings. The first kappa shape index (κ1) is 20.4. The van der Waals surface area contributed by atoms with E-state index in [1.165, 1.54) is 36.3 Å². The fourth-order valence-corrected chi connectivity index (χ4v) is 4.10. The lowest BCUT2D eigenvalue weighted by molar-refractivity contribution is -0.384. The van der Waals surface area contributed by atoms with E-state index in [4.69, 9.17) is 9.15 Å². The zero-order chi connectivity index (χ0) is 23.3. The summed E-state index contributed by atoms with van der Waals surface area (Å²) in [4.78, 5) is 39.1. The number of amides is 1. The number of hydrogen-bond donors (Lipinski definition) is 0. The van der Waals surface area contributed by atoms with Gasteiger partial charge >= 0.3 is 0 Å². The molecule has 164 valence electrons. The molecule has 0 aliphatic carbocycles. The predicted molar refractivity (Wildman–Crippen MR) is 117 cm³/mol. The second kappa shape index (κ2) is 7.56. The van der Waals surface area contributed by atoms with E-state index in [9.17, 15) is 24.1 Å². The SMILES string of the molecule is COc1cccc(N2C(=O)c3oc4ccc(F)cc4c(=O)c3C2c2cccc([N+](=O)[O-])c2)c1. The van der Waals surface area contributed by atoms with Gasteiger partial charge in [0.25, 0.3) is 11.6 Å². The van der Waals surface area contributed by atoms with Crippen LogP contribution in [0.1, 0.15) is 27.7 Å². The first-order valence-corrected chi connectivity index (χ1v) is 9.87. The molecule has 3 aromatic carbocycles. The number of nitrogens with zero attached hydrogens (tertiary/aromatic N) is 2. The highest BCUT2D eigenvalue weighted by atomic mass is 19.1. The van der Waals surface area contributed by atoms with E-state index in [2.05, 4.69) is 0 Å². The summed E-state index contributed by atoms with van der Waals surface area (Å²) in [6, 6.07) is 14.8. The molecule has 1 unspecified atom stereocenters. The van der Waals surface area contributed by atoms with E-state index in [1.807, 2.05) is 0 Å². The minimum Gasteiger partial charge on any atom is -0.497 e. The molecule has 0 saturated carbocycles. The number of ether oxygens (including phenoxy) is 1. The topological polar surface area (TPSA) is 103 Å². The van der Waals surface area contributed by atoms with Crippen molar-refractivity contribution in [3.05, 3.63) is 110 Å². The third-order valence-electron chi connectivity index (χ3n) is 5.56. The summed E-state index contributed by atoms with van der Waals surface area (Å²) < 4.78 is 24.9. The second-order valence-corrected chi connectivity index (χ2v) is 7.45. The van der Waals surface area contributed by atoms with Crippen LogP contribution in [0.15, 0.2) is 75.9 Å². The van der Waals surface area contributed by atoms with Crippen LogP contribution in [0.2, 0.25) is 0 Å². The van der Waals surface area contributed by atoms with Crippen LogP contribution < -0.4 is 15.1 Å². The van der Waals surface area contributed by atoms with Gasteiger partial charge in [0.05, 0.1) is 29.0 Å². The number of benzene rings is 3. The van der Waals surface area contributed by atoms with Crippen LogP contribution in [-0.4, -0.2) is 17.9 Å². The highest BCUT2D eigenvalue weighted by Gasteiger charge is 2.44. The molecular formula is C24H15FN2O6. The van der Waals surface area contributed by atoms with Crippen LogP contribution in [0.4, 0.5) is 15.8 Å². The zero-order valence-corrected chi connectivity index (χ0v) is 17.2. The molecule has 5 rings (SSSR count). The van der Waals surface area contributed by atoms with E-state index in [0.717, 1.165) is 12.1 Å². The van der Waals surface area contributed by atoms with Gasteiger partial charge < -0.3 is 9.15 Å². The maximum atomic E-state index is 13.9. The van der Waals surface area contributed by atoms with Gasteiger partial charge in [-0.2, -0.15) is 0 Å². The van der Waals surface area contributed by atoms with Crippen molar-refractivity contribution in [3.63, 3.8) is 0 Å². The Labute approximate surface area is 185 Å². The Morgan fingerprint density at radius 1 is 1.06 bits per heavy atom. The molecule has 1 aliphatic heterocycles. The summed E-state index contributed by atoms with van der Waals surface area (Å²) >= 11 is 0. The Hall–Kier alpha value is -4.53. The molecule has 33 heavy (non-hydrogen) atoms. The number of rotatable bonds is 4. The average Bonchev–Trinajstić information content (AvgIpc) is 3.12. The summed E-state index contributed by atoms with van der Waals surface area (Å²) in [6.07, 6.45) is 0. The van der Waals surface area contributed by atoms with Crippen LogP contribution in [0.3, 0.4) is 0 Å². The van der Waals surface area contributed by atoms with E-state index >= 15 is 0 Å². The van der Waals surface area contributed by atoms with Crippen molar-refractivity contribution in [1.29, 1.82) is 0 Å². The molecule has 1 atom stereocenters. The number of halogens is 1. The minimum atomic E-state index is -1.02. The molecule has 2 heterocycles. The molecule has 0 spiro atoms. The summed E-state index contributed by atoms with van der Waals surface area (Å²) in [5.74, 6) is -0.951. The number of nitro benzene ring substituents is 1. The molecule has 0 N–H and O–H groups in total. The van der Waals surface area contributed by atoms with Crippen molar-refractivity contribution in [2.75, 3.05) is 12.0 Å². The maximum absolute atomic E-state index is 13.9. The average molecular weight is 446 g/mol. The standard InChI is InChI=1S/C24H15FN2O6/c1-32-17-7-3-5-15(12-17)26-21(13-4-2-6-16(10-13)27(30)31)20-22(28)18-11-14(25)8-9-19(18)33-23(20)24(26)29/h2-12,21H,1H3. The number of anilines is 1. The van der Waals surface area contributed by atoms with Crippen molar-refractivity contribution in [1.82, 2.24) is 0 Å². The lowest BCUT2D eigenvalue weighted by Crippen LogP contribution is -2.29. The smallest absolute Gasteiger partial charge is 0.295 e. The number of carbonyl (C=O) groups excluding carboxylic acids is 1. The molecule has 0 saturated heterocycles. The van der Waals surface area contributed by atoms with Gasteiger partial charge in [-0.3, -0.25) is 24.6 Å². The molecule has 8 nitrogen and oxygen atoms in total. The number of fused-ring (bicyclic) bond motifs is 2. The summed E-state index contributed by atoms with van der Waals surface area (Å²) in [6.45, 7) is 0. The second-order valence-electron chi connectivity index (χ2n) is 7.45. The Balaban J connectivity index is 1.82. The maximum Gasteiger partial charge on any atom is 0.295 e. The molecule has 0 bridgehead atoms. The van der Waals surface area contributed by atoms with Crippen LogP contribution in [-0.2, 0) is 0 Å². The first-order valence-electron chi connectivity index (χ1n) is 9.87. The van der Waals surface area contributed by atoms with Gasteiger partial charge in [-0.05, 0) is 35.9 Å². The third-order valence-corrected chi connectivity index (χ3v) is 5.56. The fraction of sp³-hybridized carbons (Fsp3) is 0.0833. The lowest BCUT2D eigenvalue weighted by Gasteiger charge is -2.25. The van der Waals surface area contributed by atoms with Gasteiger partial charge in [-0.15, -0.1) is 0 Å². The lowest BCUT2D eigenvalue weighted by atomic mass is 9.97. The van der Waals surface area contributed by atoms with Gasteiger partial charge in [0.15, 0.2) is 5.43 Å². The Morgan fingerprint density at radius 2 is 1.85 bits per heavy atom. The number of nitro groups is 1. The molecule has 1 aromatic heterocycles. The summed E-state index contributed by atoms with van der Waals surface area (Å²) in [7, 11) is 1.48. The van der Waals surface area contributed by atoms with Crippen molar-refractivity contribution < 1.29 is 23.3 Å². The monoisotopic (exact) mass is 446 g/mol. The van der Waals surface area contributed by atoms with Gasteiger partial charge in [0, 0.05) is 23.9 Å². The normalized spacial score (nSPS) is 15.0. The fourth-order valence-electron chi connectivity index (χ4n) is 4.10. The third kappa shape index (κ3) is 3.21. The summed E-state index contributed by atoms with van der Waals surface area (Å²) in [5.41, 5.74) is 0.00971. The largest absolute Gasteiger partial charge is 0.497 e. The summed E-state index contributed by atoms with van der Waals surface area (Å²) in [5, 5.41) is 11.4. The van der Waals surface area contributed by atoms with Crippen LogP contribution in [0, 0.1) is 15.9 Å². The number of non-ortho nitro benzene ring substituents is 1. The predicted octanol–water partition coefficient (Wildman–Crippen LogP) is 4.60. The van der Waals surface area contributed by atoms with Crippen molar-refractivity contribution in [2.24, 2.45) is 0 Å². The number of hydrogen-bond acceptors (Lipinski definition) is 6. The highest BCUT2D eigenvalue weighted by Crippen LogP contribution is 2.42. The van der Waals surface area contributed by atoms with E-state index in [-0.39, 0.29) is 28.0 Å². The van der Waals surface area contributed by atoms with E-state index in [0.29, 0.717) is 17.0 Å². The van der Waals surface area contributed by atoms with Gasteiger partial charge in [0.2, 0.25) is 5.76 Å². The highest BCUT2D eigenvalue weighted by molar-refractivity contribution is 6.10. The van der Waals surface area contributed by atoms with Crippen molar-refractivity contribution >= 4 is 28.3 Å². The van der Waals surface area contributed by atoms with Gasteiger partial charge in [-0.1, -0.05) is 18.2 Å². The molecule has 4 aromatic rings. The van der Waals surface area contributed by atoms with Crippen LogP contribution in [0.5, 0.6) is 5.75 Å². The Morgan fingerprint density at radius 3 is 2.61 bits per heavy atom. The van der Waals surface area contributed by atoms with Gasteiger partial charge in [-0.25, -0.2) is 4.39 Å². The molecular weight excluding hydrogens is 431 g/mol. The molecule has 1 amide bonds. The van der Waals surface area contributed by atoms with E-state index in [1.54, 1.807) is 30.3 Å². The zero-order valence-electron chi connectivity index (χ0n) is 17.2. The molecule has 0 radical (unpaired) electrons. The van der Waals surface area contributed by atoms with Crippen molar-refractivity contribution in [3.8, 4) is 5.75 Å². The minimum absolute atomic E-state index is 0.0126. The number of methoxy groups -OCH3 is 1. The van der Waals surface area contributed by atoms with Gasteiger partial charge in [0.1, 0.15) is 17.1 Å². The molecule has 9 heteroatoms. The Bertz CT molecular complexity index is 1510. The van der Waals surface area contributed by atoms with Crippen molar-refractivity contribution in [2.45, 2.75) is 6.04 Å². The van der Waals surface area contributed by atoms with Crippen LogP contribution >= 0.6 is 0 Å². The Kier molecular flexibility index (Phi) is 4.67. The van der Waals surface area contributed by atoms with Crippen LogP contribution in [0.25, 0.3) is 11.0 Å².